The Morgan fingerprint density at radius 2 is 1.38 bits per heavy atom. The molecular formula is C46H80NO10P. The van der Waals surface area contributed by atoms with Crippen LogP contribution in [0.5, 0.6) is 0 Å². The van der Waals surface area contributed by atoms with Gasteiger partial charge < -0.3 is 33.0 Å². The smallest absolute Gasteiger partial charge is 0.306 e. The van der Waals surface area contributed by atoms with Crippen LogP contribution < -0.4 is 4.89 Å². The van der Waals surface area contributed by atoms with Gasteiger partial charge in [-0.1, -0.05) is 127 Å². The van der Waals surface area contributed by atoms with E-state index in [-0.39, 0.29) is 43.7 Å². The fourth-order valence-corrected chi connectivity index (χ4v) is 7.13. The maximum atomic E-state index is 12.8. The Morgan fingerprint density at radius 3 is 2.05 bits per heavy atom. The van der Waals surface area contributed by atoms with E-state index in [1.54, 1.807) is 12.2 Å². The summed E-state index contributed by atoms with van der Waals surface area (Å²) < 4.78 is 33.8. The highest BCUT2D eigenvalue weighted by atomic mass is 31.2. The number of phosphoric acid groups is 1. The van der Waals surface area contributed by atoms with Gasteiger partial charge in [0.05, 0.1) is 33.9 Å². The van der Waals surface area contributed by atoms with Crippen molar-refractivity contribution in [2.24, 2.45) is 11.8 Å². The number of quaternary nitrogens is 1. The van der Waals surface area contributed by atoms with Crippen LogP contribution in [-0.4, -0.2) is 87.0 Å². The molecular weight excluding hydrogens is 757 g/mol. The van der Waals surface area contributed by atoms with Gasteiger partial charge in [0, 0.05) is 18.8 Å². The second kappa shape index (κ2) is 33.3. The van der Waals surface area contributed by atoms with Gasteiger partial charge in [-0.25, -0.2) is 0 Å². The fraction of sp³-hybridized carbons (Fsp3) is 0.761. The normalized spacial score (nSPS) is 18.1. The zero-order valence-corrected chi connectivity index (χ0v) is 37.7. The Labute approximate surface area is 351 Å². The summed E-state index contributed by atoms with van der Waals surface area (Å²) in [4.78, 5) is 50.1. The van der Waals surface area contributed by atoms with Gasteiger partial charge in [-0.2, -0.15) is 0 Å². The standard InChI is InChI=1S/C46H80NO10P/c1-6-8-10-11-12-13-14-15-16-17-18-19-20-21-26-30-45(50)54-38-42(39-56-58(52,53)55-37-36-47(3,4)5)57-46(51)31-27-23-22-25-28-40-32-35-44(49)43(40)34-33-41(48)29-24-9-7-2/h13-14,22,25,32-35,40-43,48H,6-12,15-21,23-24,26-31,36-39H2,1-5H3/b14-13-,25-22-,34-33+/t40-,41-,42+,43+/m0/s1. The third kappa shape index (κ3) is 30.6. The van der Waals surface area contributed by atoms with Crippen molar-refractivity contribution in [1.82, 2.24) is 0 Å². The Morgan fingerprint density at radius 1 is 0.793 bits per heavy atom. The van der Waals surface area contributed by atoms with Gasteiger partial charge >= 0.3 is 11.9 Å². The molecule has 0 radical (unpaired) electrons. The number of aliphatic hydroxyl groups excluding tert-OH is 1. The SMILES string of the molecule is CCCCCC/C=C\CCCCCCCCCC(=O)OC[C@H](COP(=O)([O-])OCC[N+](C)(C)C)OC(=O)CCC/C=C\C[C@H]1C=CC(=O)[C@@H]1/C=C/[C@@H](O)CCCCC. The van der Waals surface area contributed by atoms with Crippen LogP contribution >= 0.6 is 7.82 Å². The molecule has 12 heteroatoms. The first-order chi connectivity index (χ1) is 27.8. The van der Waals surface area contributed by atoms with Gasteiger partial charge in [-0.3, -0.25) is 18.9 Å². The Kier molecular flexibility index (Phi) is 30.8. The Hall–Kier alpha value is -2.40. The van der Waals surface area contributed by atoms with Gasteiger partial charge in [0.15, 0.2) is 11.9 Å². The number of ketones is 1. The number of hydrogen-bond donors (Lipinski definition) is 1. The third-order valence-corrected chi connectivity index (χ3v) is 11.0. The minimum absolute atomic E-state index is 0.0158. The van der Waals surface area contributed by atoms with Gasteiger partial charge in [0.2, 0.25) is 0 Å². The Bertz CT molecular complexity index is 1270. The number of unbranched alkanes of at least 4 members (excludes halogenated alkanes) is 14. The van der Waals surface area contributed by atoms with Crippen LogP contribution in [0, 0.1) is 11.8 Å². The maximum absolute atomic E-state index is 12.8. The predicted octanol–water partition coefficient (Wildman–Crippen LogP) is 9.67. The number of hydrogen-bond acceptors (Lipinski definition) is 10. The highest BCUT2D eigenvalue weighted by molar-refractivity contribution is 7.45. The van der Waals surface area contributed by atoms with Crippen LogP contribution in [0.3, 0.4) is 0 Å². The lowest BCUT2D eigenvalue weighted by Crippen LogP contribution is -2.37. The van der Waals surface area contributed by atoms with Crippen molar-refractivity contribution in [1.29, 1.82) is 0 Å². The monoisotopic (exact) mass is 838 g/mol. The van der Waals surface area contributed by atoms with E-state index in [4.69, 9.17) is 18.5 Å². The molecule has 0 aliphatic heterocycles. The lowest BCUT2D eigenvalue weighted by molar-refractivity contribution is -0.870. The molecule has 1 aliphatic carbocycles. The fourth-order valence-electron chi connectivity index (χ4n) is 6.40. The highest BCUT2D eigenvalue weighted by Gasteiger charge is 2.27. The van der Waals surface area contributed by atoms with E-state index in [1.165, 1.54) is 51.4 Å². The quantitative estimate of drug-likeness (QED) is 0.0211. The summed E-state index contributed by atoms with van der Waals surface area (Å²) in [6, 6.07) is 0. The molecule has 0 aromatic rings. The number of allylic oxidation sites excluding steroid dienone is 7. The summed E-state index contributed by atoms with van der Waals surface area (Å²) in [5, 5.41) is 10.2. The van der Waals surface area contributed by atoms with Crippen molar-refractivity contribution in [2.45, 2.75) is 167 Å². The second-order valence-corrected chi connectivity index (χ2v) is 18.1. The van der Waals surface area contributed by atoms with Crippen molar-refractivity contribution in [3.05, 3.63) is 48.6 Å². The maximum Gasteiger partial charge on any atom is 0.306 e. The molecule has 0 bridgehead atoms. The second-order valence-electron chi connectivity index (χ2n) is 16.7. The average molecular weight is 838 g/mol. The zero-order chi connectivity index (χ0) is 42.9. The predicted molar refractivity (Wildman–Crippen MR) is 231 cm³/mol. The first kappa shape index (κ1) is 53.6. The van der Waals surface area contributed by atoms with E-state index in [2.05, 4.69) is 26.0 Å². The molecule has 11 nitrogen and oxygen atoms in total. The van der Waals surface area contributed by atoms with Gasteiger partial charge in [0.25, 0.3) is 7.82 Å². The molecule has 58 heavy (non-hydrogen) atoms. The van der Waals surface area contributed by atoms with Crippen molar-refractivity contribution in [3.63, 3.8) is 0 Å². The number of rotatable bonds is 37. The molecule has 5 atom stereocenters. The summed E-state index contributed by atoms with van der Waals surface area (Å²) in [6.45, 7) is 3.87. The highest BCUT2D eigenvalue weighted by Crippen LogP contribution is 2.38. The number of esters is 2. The number of phosphoric ester groups is 1. The largest absolute Gasteiger partial charge is 0.756 e. The number of nitrogens with zero attached hydrogens (tertiary/aromatic N) is 1. The first-order valence-corrected chi connectivity index (χ1v) is 23.9. The van der Waals surface area contributed by atoms with Crippen LogP contribution in [-0.2, 0) is 37.5 Å². The van der Waals surface area contributed by atoms with Crippen molar-refractivity contribution in [3.8, 4) is 0 Å². The molecule has 1 unspecified atom stereocenters. The molecule has 0 saturated carbocycles. The summed E-state index contributed by atoms with van der Waals surface area (Å²) >= 11 is 0. The first-order valence-electron chi connectivity index (χ1n) is 22.4. The minimum atomic E-state index is -4.68. The molecule has 0 saturated heterocycles. The molecule has 0 fully saturated rings. The van der Waals surface area contributed by atoms with Crippen LogP contribution in [0.15, 0.2) is 48.6 Å². The summed E-state index contributed by atoms with van der Waals surface area (Å²) in [6.07, 6.45) is 34.8. The lowest BCUT2D eigenvalue weighted by Gasteiger charge is -2.28. The molecule has 0 spiro atoms. The number of aliphatic hydroxyl groups is 1. The summed E-state index contributed by atoms with van der Waals surface area (Å²) in [5.41, 5.74) is 0. The molecule has 1 aliphatic rings. The molecule has 0 aromatic carbocycles. The summed E-state index contributed by atoms with van der Waals surface area (Å²) in [5.74, 6) is -1.23. The topological polar surface area (TPSA) is 148 Å². The van der Waals surface area contributed by atoms with E-state index >= 15 is 0 Å². The van der Waals surface area contributed by atoms with Crippen LogP contribution in [0.4, 0.5) is 0 Å². The minimum Gasteiger partial charge on any atom is -0.756 e. The summed E-state index contributed by atoms with van der Waals surface area (Å²) in [7, 11) is 1.04. The van der Waals surface area contributed by atoms with E-state index in [1.807, 2.05) is 45.4 Å². The number of ether oxygens (including phenoxy) is 2. The lowest BCUT2D eigenvalue weighted by atomic mass is 9.90. The molecule has 0 amide bonds. The number of likely N-dealkylation sites (N-methyl/N-ethyl adjacent to an activating group) is 1. The van der Waals surface area contributed by atoms with E-state index < -0.39 is 38.6 Å². The van der Waals surface area contributed by atoms with Gasteiger partial charge in [-0.05, 0) is 69.8 Å². The molecule has 0 aromatic heterocycles. The Balaban J connectivity index is 2.47. The number of carbonyl (C=O) groups is 3. The molecule has 0 heterocycles. The van der Waals surface area contributed by atoms with E-state index in [0.717, 1.165) is 44.9 Å². The van der Waals surface area contributed by atoms with E-state index in [0.29, 0.717) is 43.1 Å². The van der Waals surface area contributed by atoms with Crippen molar-refractivity contribution < 1.29 is 52.0 Å². The van der Waals surface area contributed by atoms with Crippen LogP contribution in [0.2, 0.25) is 0 Å². The van der Waals surface area contributed by atoms with Crippen molar-refractivity contribution in [2.75, 3.05) is 47.5 Å². The third-order valence-electron chi connectivity index (χ3n) is 10.1. The number of carbonyl (C=O) groups excluding carboxylic acids is 3. The van der Waals surface area contributed by atoms with Crippen LogP contribution in [0.1, 0.15) is 155 Å². The molecule has 1 N–H and O–H groups in total. The van der Waals surface area contributed by atoms with Crippen LogP contribution in [0.25, 0.3) is 0 Å². The average Bonchev–Trinajstić information content (AvgIpc) is 3.52. The van der Waals surface area contributed by atoms with Crippen molar-refractivity contribution >= 4 is 25.5 Å². The molecule has 1 rings (SSSR count). The van der Waals surface area contributed by atoms with Gasteiger partial charge in [0.1, 0.15) is 19.8 Å². The van der Waals surface area contributed by atoms with Gasteiger partial charge in [-0.15, -0.1) is 0 Å². The van der Waals surface area contributed by atoms with E-state index in [9.17, 15) is 28.9 Å². The molecule has 334 valence electrons. The zero-order valence-electron chi connectivity index (χ0n) is 36.8.